The summed E-state index contributed by atoms with van der Waals surface area (Å²) in [7, 11) is 0. The summed E-state index contributed by atoms with van der Waals surface area (Å²) in [6.07, 6.45) is 0. The molecule has 0 fully saturated rings. The van der Waals surface area contributed by atoms with Crippen LogP contribution >= 0.6 is 0 Å². The van der Waals surface area contributed by atoms with E-state index < -0.39 is 5.97 Å². The highest BCUT2D eigenvalue weighted by Crippen LogP contribution is 2.43. The molecule has 1 amide bonds. The number of amides is 1. The van der Waals surface area contributed by atoms with Gasteiger partial charge < -0.3 is 10.0 Å². The molecule has 3 aromatic rings. The lowest BCUT2D eigenvalue weighted by Gasteiger charge is -2.18. The summed E-state index contributed by atoms with van der Waals surface area (Å²) in [6.45, 7) is 4.15. The van der Waals surface area contributed by atoms with E-state index in [4.69, 9.17) is 0 Å². The van der Waals surface area contributed by atoms with E-state index in [1.807, 2.05) is 38.1 Å². The highest BCUT2D eigenvalue weighted by atomic mass is 19.1. The summed E-state index contributed by atoms with van der Waals surface area (Å²) in [5.41, 5.74) is 4.17. The molecule has 5 nitrogen and oxygen atoms in total. The predicted molar refractivity (Wildman–Crippen MR) is 117 cm³/mol. The maximum atomic E-state index is 13.6. The number of fused-ring (bicyclic) bond motifs is 1. The van der Waals surface area contributed by atoms with Crippen LogP contribution in [0.25, 0.3) is 11.1 Å². The van der Waals surface area contributed by atoms with Crippen molar-refractivity contribution in [2.24, 2.45) is 5.92 Å². The highest BCUT2D eigenvalue weighted by Gasteiger charge is 2.35. The predicted octanol–water partition coefficient (Wildman–Crippen LogP) is 5.03. The van der Waals surface area contributed by atoms with Crippen LogP contribution in [0, 0.1) is 11.7 Å². The van der Waals surface area contributed by atoms with E-state index in [9.17, 15) is 19.1 Å². The molecule has 2 heterocycles. The number of hydrogen-bond donors (Lipinski definition) is 1. The van der Waals surface area contributed by atoms with Gasteiger partial charge in [0.2, 0.25) is 0 Å². The third-order valence-electron chi connectivity index (χ3n) is 5.27. The fourth-order valence-electron chi connectivity index (χ4n) is 3.94. The van der Waals surface area contributed by atoms with E-state index in [1.54, 1.807) is 29.2 Å². The molecule has 156 valence electrons. The lowest BCUT2D eigenvalue weighted by molar-refractivity contribution is -0.113. The first-order valence-electron chi connectivity index (χ1n) is 9.97. The molecule has 0 atom stereocenters. The fourth-order valence-corrected chi connectivity index (χ4v) is 3.94. The molecule has 0 saturated carbocycles. The molecule has 0 aliphatic carbocycles. The highest BCUT2D eigenvalue weighted by molar-refractivity contribution is 6.37. The van der Waals surface area contributed by atoms with Crippen molar-refractivity contribution in [3.05, 3.63) is 95.1 Å². The normalized spacial score (nSPS) is 14.7. The Morgan fingerprint density at radius 1 is 1.03 bits per heavy atom. The molecule has 6 heteroatoms. The summed E-state index contributed by atoms with van der Waals surface area (Å²) < 4.78 is 13.5. The lowest BCUT2D eigenvalue weighted by Crippen LogP contribution is -2.27. The van der Waals surface area contributed by atoms with Crippen LogP contribution in [-0.4, -0.2) is 22.0 Å². The number of pyridine rings is 1. The summed E-state index contributed by atoms with van der Waals surface area (Å²) in [5, 5.41) is 9.22. The van der Waals surface area contributed by atoms with E-state index in [1.165, 1.54) is 18.2 Å². The Labute approximate surface area is 179 Å². The third kappa shape index (κ3) is 3.84. The molecular weight excluding hydrogens is 395 g/mol. The Hall–Kier alpha value is -3.80. The first-order chi connectivity index (χ1) is 14.9. The van der Waals surface area contributed by atoms with Crippen molar-refractivity contribution in [2.45, 2.75) is 20.4 Å². The second-order valence-electron chi connectivity index (χ2n) is 7.68. The Balaban J connectivity index is 1.84. The van der Waals surface area contributed by atoms with Gasteiger partial charge in [0.1, 0.15) is 11.5 Å². The number of rotatable bonds is 5. The first kappa shape index (κ1) is 20.5. The average molecular weight is 416 g/mol. The van der Waals surface area contributed by atoms with E-state index in [2.05, 4.69) is 4.98 Å². The van der Waals surface area contributed by atoms with Gasteiger partial charge in [0, 0.05) is 5.56 Å². The number of benzene rings is 2. The van der Waals surface area contributed by atoms with Gasteiger partial charge in [0.15, 0.2) is 0 Å². The van der Waals surface area contributed by atoms with Gasteiger partial charge in [-0.2, -0.15) is 0 Å². The van der Waals surface area contributed by atoms with Gasteiger partial charge in [-0.3, -0.25) is 4.79 Å². The molecule has 1 aliphatic heterocycles. The Bertz CT molecular complexity index is 1200. The molecule has 0 saturated heterocycles. The van der Waals surface area contributed by atoms with Crippen LogP contribution in [0.15, 0.2) is 66.7 Å². The van der Waals surface area contributed by atoms with Gasteiger partial charge in [-0.15, -0.1) is 0 Å². The summed E-state index contributed by atoms with van der Waals surface area (Å²) in [4.78, 5) is 30.7. The first-order valence-corrected chi connectivity index (χ1v) is 9.97. The van der Waals surface area contributed by atoms with Crippen molar-refractivity contribution in [3.8, 4) is 0 Å². The molecule has 2 aromatic carbocycles. The zero-order valence-electron chi connectivity index (χ0n) is 17.2. The van der Waals surface area contributed by atoms with E-state index >= 15 is 0 Å². The van der Waals surface area contributed by atoms with Crippen LogP contribution in [0.2, 0.25) is 0 Å². The molecule has 0 spiro atoms. The smallest absolute Gasteiger partial charge is 0.354 e. The quantitative estimate of drug-likeness (QED) is 0.592. The minimum absolute atomic E-state index is 0.0193. The second-order valence-corrected chi connectivity index (χ2v) is 7.68. The van der Waals surface area contributed by atoms with Crippen molar-refractivity contribution in [2.75, 3.05) is 4.90 Å². The average Bonchev–Trinajstić information content (AvgIpc) is 3.02. The van der Waals surface area contributed by atoms with Crippen molar-refractivity contribution in [1.82, 2.24) is 4.98 Å². The van der Waals surface area contributed by atoms with Gasteiger partial charge in [-0.25, -0.2) is 14.2 Å². The zero-order chi connectivity index (χ0) is 22.1. The van der Waals surface area contributed by atoms with Gasteiger partial charge in [0.25, 0.3) is 5.91 Å². The molecule has 0 radical (unpaired) electrons. The minimum atomic E-state index is -1.12. The number of carbonyl (C=O) groups is 2. The number of para-hydroxylation sites is 1. The number of aromatic carboxylic acids is 1. The molecule has 1 N–H and O–H groups in total. The maximum absolute atomic E-state index is 13.6. The third-order valence-corrected chi connectivity index (χ3v) is 5.27. The number of carboxylic acid groups (broad SMARTS) is 1. The number of aromatic nitrogens is 1. The number of anilines is 1. The molecular formula is C25H21FN2O3. The largest absolute Gasteiger partial charge is 0.477 e. The van der Waals surface area contributed by atoms with Crippen molar-refractivity contribution in [1.29, 1.82) is 0 Å². The second kappa shape index (κ2) is 8.14. The van der Waals surface area contributed by atoms with Crippen molar-refractivity contribution < 1.29 is 19.1 Å². The standard InChI is InChI=1S/C25H21FN2O3/c1-15(2)22(16-10-12-17(26)13-11-16)23-19-7-3-4-9-21(19)28(24(23)29)14-18-6-5-8-20(27-18)25(30)31/h3-13,15H,14H2,1-2H3,(H,30,31)/b23-22+. The Morgan fingerprint density at radius 2 is 1.74 bits per heavy atom. The van der Waals surface area contributed by atoms with Crippen molar-refractivity contribution in [3.63, 3.8) is 0 Å². The van der Waals surface area contributed by atoms with Gasteiger partial charge >= 0.3 is 5.97 Å². The molecule has 31 heavy (non-hydrogen) atoms. The molecule has 1 aliphatic rings. The van der Waals surface area contributed by atoms with Gasteiger partial charge in [-0.05, 0) is 47.4 Å². The number of carboxylic acids is 1. The van der Waals surface area contributed by atoms with Crippen LogP contribution < -0.4 is 4.90 Å². The zero-order valence-corrected chi connectivity index (χ0v) is 17.2. The van der Waals surface area contributed by atoms with E-state index in [-0.39, 0.29) is 29.9 Å². The summed E-state index contributed by atoms with van der Waals surface area (Å²) in [5.74, 6) is -1.61. The molecule has 4 rings (SSSR count). The van der Waals surface area contributed by atoms with Crippen LogP contribution in [-0.2, 0) is 11.3 Å². The van der Waals surface area contributed by atoms with Crippen LogP contribution in [0.3, 0.4) is 0 Å². The van der Waals surface area contributed by atoms with Crippen LogP contribution in [0.1, 0.15) is 41.2 Å². The van der Waals surface area contributed by atoms with Gasteiger partial charge in [-0.1, -0.05) is 50.2 Å². The summed E-state index contributed by atoms with van der Waals surface area (Å²) in [6, 6.07) is 18.4. The number of carbonyl (C=O) groups excluding carboxylic acids is 1. The molecule has 0 unspecified atom stereocenters. The minimum Gasteiger partial charge on any atom is -0.477 e. The SMILES string of the molecule is CC(C)/C(=C1\C(=O)N(Cc2cccc(C(=O)O)n2)c2ccccc21)c1ccc(F)cc1. The van der Waals surface area contributed by atoms with Crippen LogP contribution in [0.4, 0.5) is 10.1 Å². The van der Waals surface area contributed by atoms with Crippen LogP contribution in [0.5, 0.6) is 0 Å². The van der Waals surface area contributed by atoms with E-state index in [0.29, 0.717) is 11.3 Å². The Morgan fingerprint density at radius 3 is 2.42 bits per heavy atom. The molecule has 0 bridgehead atoms. The molecule has 1 aromatic heterocycles. The number of hydrogen-bond acceptors (Lipinski definition) is 3. The number of halogens is 1. The number of nitrogens with zero attached hydrogens (tertiary/aromatic N) is 2. The topological polar surface area (TPSA) is 70.5 Å². The summed E-state index contributed by atoms with van der Waals surface area (Å²) >= 11 is 0. The maximum Gasteiger partial charge on any atom is 0.354 e. The number of allylic oxidation sites excluding steroid dienone is 1. The monoisotopic (exact) mass is 416 g/mol. The van der Waals surface area contributed by atoms with Gasteiger partial charge in [0.05, 0.1) is 23.5 Å². The van der Waals surface area contributed by atoms with E-state index in [0.717, 1.165) is 22.4 Å². The Kier molecular flexibility index (Phi) is 5.38. The van der Waals surface area contributed by atoms with Crippen molar-refractivity contribution >= 4 is 28.7 Å². The lowest BCUT2D eigenvalue weighted by atomic mass is 9.88. The fraction of sp³-hybridized carbons (Fsp3) is 0.160.